The first-order valence-electron chi connectivity index (χ1n) is 6.98. The summed E-state index contributed by atoms with van der Waals surface area (Å²) in [4.78, 5) is 14.0. The van der Waals surface area contributed by atoms with Crippen molar-refractivity contribution in [3.05, 3.63) is 35.4 Å². The van der Waals surface area contributed by atoms with Gasteiger partial charge in [-0.1, -0.05) is 12.1 Å². The maximum Gasteiger partial charge on any atom is 0.227 e. The minimum absolute atomic E-state index is 0.00660. The number of amides is 1. The number of halogens is 2. The van der Waals surface area contributed by atoms with E-state index in [-0.39, 0.29) is 30.0 Å². The average Bonchev–Trinajstić information content (AvgIpc) is 2.43. The molecular formula is C15H20F2N2O. The highest BCUT2D eigenvalue weighted by atomic mass is 19.2. The van der Waals surface area contributed by atoms with Crippen molar-refractivity contribution in [2.75, 3.05) is 6.54 Å². The van der Waals surface area contributed by atoms with E-state index in [1.54, 1.807) is 4.90 Å². The van der Waals surface area contributed by atoms with Gasteiger partial charge in [-0.3, -0.25) is 4.79 Å². The second-order valence-corrected chi connectivity index (χ2v) is 5.40. The third kappa shape index (κ3) is 3.15. The molecular weight excluding hydrogens is 262 g/mol. The molecule has 0 radical (unpaired) electrons. The molecule has 3 nitrogen and oxygen atoms in total. The number of piperidine rings is 1. The summed E-state index contributed by atoms with van der Waals surface area (Å²) in [7, 11) is 0. The highest BCUT2D eigenvalue weighted by molar-refractivity contribution is 5.79. The van der Waals surface area contributed by atoms with E-state index in [4.69, 9.17) is 5.73 Å². The predicted octanol–water partition coefficient (Wildman–Crippen LogP) is 2.24. The third-order valence-corrected chi connectivity index (χ3v) is 3.85. The van der Waals surface area contributed by atoms with Crippen LogP contribution in [-0.2, 0) is 11.2 Å². The average molecular weight is 282 g/mol. The highest BCUT2D eigenvalue weighted by Crippen LogP contribution is 2.21. The Hall–Kier alpha value is -1.49. The van der Waals surface area contributed by atoms with Crippen molar-refractivity contribution in [1.29, 1.82) is 0 Å². The van der Waals surface area contributed by atoms with Gasteiger partial charge >= 0.3 is 0 Å². The second kappa shape index (κ2) is 6.31. The molecule has 5 heteroatoms. The first kappa shape index (κ1) is 14.9. The molecule has 2 rings (SSSR count). The van der Waals surface area contributed by atoms with E-state index in [2.05, 4.69) is 0 Å². The summed E-state index contributed by atoms with van der Waals surface area (Å²) in [6, 6.07) is 3.79. The Balaban J connectivity index is 2.12. The van der Waals surface area contributed by atoms with Gasteiger partial charge in [-0.15, -0.1) is 0 Å². The lowest BCUT2D eigenvalue weighted by Crippen LogP contribution is -2.52. The van der Waals surface area contributed by atoms with Crippen molar-refractivity contribution in [2.24, 2.45) is 5.73 Å². The van der Waals surface area contributed by atoms with Crippen LogP contribution in [0.4, 0.5) is 8.78 Å². The molecule has 1 amide bonds. The summed E-state index contributed by atoms with van der Waals surface area (Å²) >= 11 is 0. The van der Waals surface area contributed by atoms with Crippen LogP contribution >= 0.6 is 0 Å². The van der Waals surface area contributed by atoms with Gasteiger partial charge in [0.2, 0.25) is 5.91 Å². The molecule has 110 valence electrons. The number of nitrogens with two attached hydrogens (primary N) is 1. The van der Waals surface area contributed by atoms with Gasteiger partial charge in [-0.2, -0.15) is 0 Å². The van der Waals surface area contributed by atoms with Crippen molar-refractivity contribution in [2.45, 2.75) is 44.7 Å². The maximum absolute atomic E-state index is 13.6. The zero-order chi connectivity index (χ0) is 14.7. The molecule has 0 spiro atoms. The first-order chi connectivity index (χ1) is 9.50. The lowest BCUT2D eigenvalue weighted by Gasteiger charge is -2.38. The fourth-order valence-electron chi connectivity index (χ4n) is 2.76. The van der Waals surface area contributed by atoms with Gasteiger partial charge in [0.25, 0.3) is 0 Å². The summed E-state index contributed by atoms with van der Waals surface area (Å²) < 4.78 is 26.8. The van der Waals surface area contributed by atoms with Crippen molar-refractivity contribution >= 4 is 5.91 Å². The fraction of sp³-hybridized carbons (Fsp3) is 0.533. The van der Waals surface area contributed by atoms with Gasteiger partial charge in [-0.25, -0.2) is 8.78 Å². The monoisotopic (exact) mass is 282 g/mol. The van der Waals surface area contributed by atoms with Crippen LogP contribution in [0.5, 0.6) is 0 Å². The van der Waals surface area contributed by atoms with Gasteiger partial charge in [0, 0.05) is 24.2 Å². The number of hydrogen-bond acceptors (Lipinski definition) is 2. The maximum atomic E-state index is 13.6. The summed E-state index contributed by atoms with van der Waals surface area (Å²) in [6.07, 6.45) is 2.73. The largest absolute Gasteiger partial charge is 0.338 e. The van der Waals surface area contributed by atoms with Crippen LogP contribution in [0, 0.1) is 11.6 Å². The highest BCUT2D eigenvalue weighted by Gasteiger charge is 2.29. The third-order valence-electron chi connectivity index (χ3n) is 3.85. The Morgan fingerprint density at radius 1 is 1.45 bits per heavy atom. The van der Waals surface area contributed by atoms with Crippen molar-refractivity contribution in [3.8, 4) is 0 Å². The van der Waals surface area contributed by atoms with E-state index >= 15 is 0 Å². The van der Waals surface area contributed by atoms with Crippen LogP contribution in [0.15, 0.2) is 18.2 Å². The molecule has 0 unspecified atom stereocenters. The van der Waals surface area contributed by atoms with E-state index in [1.807, 2.05) is 6.92 Å². The molecule has 1 heterocycles. The standard InChI is InChI=1S/C15H20F2N2O/c1-10(18)13-7-2-3-8-19(13)14(20)9-11-5-4-6-12(16)15(11)17/h4-6,10,13H,2-3,7-9,18H2,1H3/t10-,13+/m1/s1. The number of rotatable bonds is 3. The Bertz CT molecular complexity index is 491. The lowest BCUT2D eigenvalue weighted by atomic mass is 9.96. The zero-order valence-electron chi connectivity index (χ0n) is 11.6. The lowest BCUT2D eigenvalue weighted by molar-refractivity contribution is -0.134. The summed E-state index contributed by atoms with van der Waals surface area (Å²) in [5.74, 6) is -2.04. The van der Waals surface area contributed by atoms with Crippen LogP contribution in [0.3, 0.4) is 0 Å². The number of benzene rings is 1. The molecule has 1 aromatic carbocycles. The van der Waals surface area contributed by atoms with Crippen LogP contribution in [0.1, 0.15) is 31.7 Å². The Labute approximate surface area is 117 Å². The van der Waals surface area contributed by atoms with Gasteiger partial charge in [0.05, 0.1) is 6.42 Å². The predicted molar refractivity (Wildman–Crippen MR) is 73.1 cm³/mol. The number of likely N-dealkylation sites (tertiary alicyclic amines) is 1. The zero-order valence-corrected chi connectivity index (χ0v) is 11.6. The smallest absolute Gasteiger partial charge is 0.227 e. The molecule has 0 saturated carbocycles. The van der Waals surface area contributed by atoms with Crippen LogP contribution < -0.4 is 5.73 Å². The number of carbonyl (C=O) groups excluding carboxylic acids is 1. The Morgan fingerprint density at radius 3 is 2.90 bits per heavy atom. The molecule has 1 aliphatic rings. The summed E-state index contributed by atoms with van der Waals surface area (Å²) in [5, 5.41) is 0. The quantitative estimate of drug-likeness (QED) is 0.924. The van der Waals surface area contributed by atoms with Gasteiger partial charge in [0.1, 0.15) is 0 Å². The van der Waals surface area contributed by atoms with Crippen molar-refractivity contribution in [3.63, 3.8) is 0 Å². The number of carbonyl (C=O) groups is 1. The Kier molecular flexibility index (Phi) is 4.70. The molecule has 1 saturated heterocycles. The van der Waals surface area contributed by atoms with E-state index in [1.165, 1.54) is 12.1 Å². The first-order valence-corrected chi connectivity index (χ1v) is 6.98. The van der Waals surface area contributed by atoms with Gasteiger partial charge in [0.15, 0.2) is 11.6 Å². The number of hydrogen-bond donors (Lipinski definition) is 1. The van der Waals surface area contributed by atoms with E-state index in [9.17, 15) is 13.6 Å². The van der Waals surface area contributed by atoms with E-state index in [0.29, 0.717) is 6.54 Å². The van der Waals surface area contributed by atoms with E-state index in [0.717, 1.165) is 25.3 Å². The molecule has 0 bridgehead atoms. The molecule has 2 atom stereocenters. The normalized spacial score (nSPS) is 20.8. The van der Waals surface area contributed by atoms with Gasteiger partial charge < -0.3 is 10.6 Å². The van der Waals surface area contributed by atoms with Crippen molar-refractivity contribution < 1.29 is 13.6 Å². The second-order valence-electron chi connectivity index (χ2n) is 5.40. The number of nitrogens with zero attached hydrogens (tertiary/aromatic N) is 1. The topological polar surface area (TPSA) is 46.3 Å². The molecule has 1 aliphatic heterocycles. The molecule has 20 heavy (non-hydrogen) atoms. The van der Waals surface area contributed by atoms with Gasteiger partial charge in [-0.05, 0) is 32.3 Å². The molecule has 1 aromatic rings. The van der Waals surface area contributed by atoms with Crippen LogP contribution in [-0.4, -0.2) is 29.4 Å². The molecule has 0 aliphatic carbocycles. The molecule has 2 N–H and O–H groups in total. The fourth-order valence-corrected chi connectivity index (χ4v) is 2.76. The minimum atomic E-state index is -0.935. The molecule has 0 aromatic heterocycles. The summed E-state index contributed by atoms with van der Waals surface area (Å²) in [6.45, 7) is 2.51. The Morgan fingerprint density at radius 2 is 2.20 bits per heavy atom. The SMILES string of the molecule is C[C@@H](N)[C@@H]1CCCCN1C(=O)Cc1cccc(F)c1F. The van der Waals surface area contributed by atoms with Crippen LogP contribution in [0.2, 0.25) is 0 Å². The summed E-state index contributed by atoms with van der Waals surface area (Å²) in [5.41, 5.74) is 6.02. The minimum Gasteiger partial charge on any atom is -0.338 e. The van der Waals surface area contributed by atoms with E-state index < -0.39 is 11.6 Å². The van der Waals surface area contributed by atoms with Crippen molar-refractivity contribution in [1.82, 2.24) is 4.90 Å². The molecule has 1 fully saturated rings. The van der Waals surface area contributed by atoms with Crippen LogP contribution in [0.25, 0.3) is 0 Å².